The molecule has 1 aliphatic rings. The summed E-state index contributed by atoms with van der Waals surface area (Å²) in [6, 6.07) is 4.44. The summed E-state index contributed by atoms with van der Waals surface area (Å²) in [6.45, 7) is 2.26. The third-order valence-corrected chi connectivity index (χ3v) is 6.20. The highest BCUT2D eigenvalue weighted by Gasteiger charge is 2.38. The maximum Gasteiger partial charge on any atom is 0.244 e. The highest BCUT2D eigenvalue weighted by atomic mass is 79.9. The molecule has 0 saturated carbocycles. The van der Waals surface area contributed by atoms with E-state index in [9.17, 15) is 8.42 Å². The zero-order chi connectivity index (χ0) is 13.5. The zero-order valence-electron chi connectivity index (χ0n) is 9.81. The summed E-state index contributed by atoms with van der Waals surface area (Å²) < 4.78 is 27.2. The van der Waals surface area contributed by atoms with Crippen LogP contribution < -0.4 is 5.73 Å². The van der Waals surface area contributed by atoms with Crippen molar-refractivity contribution < 1.29 is 8.42 Å². The van der Waals surface area contributed by atoms with Gasteiger partial charge in [-0.1, -0.05) is 27.5 Å². The smallest absolute Gasteiger partial charge is 0.244 e. The Balaban J connectivity index is 2.43. The average Bonchev–Trinajstić information content (AvgIpc) is 2.59. The van der Waals surface area contributed by atoms with Crippen LogP contribution in [0.15, 0.2) is 27.6 Å². The third kappa shape index (κ3) is 2.44. The molecule has 18 heavy (non-hydrogen) atoms. The van der Waals surface area contributed by atoms with Crippen molar-refractivity contribution in [3.63, 3.8) is 0 Å². The standard InChI is InChI=1S/C11H14BrClN2O2S/c1-7-10(14)4-5-15(7)18(16,17)11-3-2-8(12)6-9(11)13/h2-3,6-7,10H,4-5,14H2,1H3. The van der Waals surface area contributed by atoms with Gasteiger partial charge in [0.2, 0.25) is 10.0 Å². The van der Waals surface area contributed by atoms with Gasteiger partial charge in [0.25, 0.3) is 0 Å². The quantitative estimate of drug-likeness (QED) is 0.886. The van der Waals surface area contributed by atoms with Gasteiger partial charge in [0, 0.05) is 23.1 Å². The lowest BCUT2D eigenvalue weighted by molar-refractivity contribution is 0.393. The minimum atomic E-state index is -3.57. The van der Waals surface area contributed by atoms with E-state index >= 15 is 0 Å². The van der Waals surface area contributed by atoms with Crippen LogP contribution >= 0.6 is 27.5 Å². The molecule has 1 saturated heterocycles. The minimum absolute atomic E-state index is 0.117. The molecule has 2 rings (SSSR count). The number of nitrogens with zero attached hydrogens (tertiary/aromatic N) is 1. The fourth-order valence-corrected chi connectivity index (χ4v) is 4.79. The second-order valence-corrected chi connectivity index (χ2v) is 7.57. The maximum atomic E-state index is 12.5. The van der Waals surface area contributed by atoms with Crippen molar-refractivity contribution in [1.29, 1.82) is 0 Å². The fourth-order valence-electron chi connectivity index (χ4n) is 2.08. The largest absolute Gasteiger partial charge is 0.326 e. The fraction of sp³-hybridized carbons (Fsp3) is 0.455. The Kier molecular flexibility index (Phi) is 4.04. The summed E-state index contributed by atoms with van der Waals surface area (Å²) in [5.74, 6) is 0. The molecule has 1 heterocycles. The molecule has 1 aliphatic heterocycles. The number of hydrogen-bond acceptors (Lipinski definition) is 3. The second kappa shape index (κ2) is 5.09. The summed E-state index contributed by atoms with van der Waals surface area (Å²) in [6.07, 6.45) is 0.675. The van der Waals surface area contributed by atoms with Crippen LogP contribution in [0.1, 0.15) is 13.3 Å². The number of hydrogen-bond donors (Lipinski definition) is 1. The first-order valence-electron chi connectivity index (χ1n) is 5.56. The van der Waals surface area contributed by atoms with Gasteiger partial charge in [-0.25, -0.2) is 8.42 Å². The molecule has 2 unspecified atom stereocenters. The van der Waals surface area contributed by atoms with E-state index in [0.29, 0.717) is 13.0 Å². The molecule has 0 spiro atoms. The first-order chi connectivity index (χ1) is 8.34. The summed E-state index contributed by atoms with van der Waals surface area (Å²) in [5.41, 5.74) is 5.86. The Bertz CT molecular complexity index is 564. The molecule has 7 heteroatoms. The van der Waals surface area contributed by atoms with Crippen LogP contribution in [0.25, 0.3) is 0 Å². The van der Waals surface area contributed by atoms with Crippen LogP contribution in [0.3, 0.4) is 0 Å². The van der Waals surface area contributed by atoms with Crippen molar-refractivity contribution in [1.82, 2.24) is 4.31 Å². The molecule has 2 atom stereocenters. The molecule has 0 bridgehead atoms. The third-order valence-electron chi connectivity index (χ3n) is 3.24. The van der Waals surface area contributed by atoms with Gasteiger partial charge >= 0.3 is 0 Å². The monoisotopic (exact) mass is 352 g/mol. The van der Waals surface area contributed by atoms with E-state index < -0.39 is 10.0 Å². The van der Waals surface area contributed by atoms with E-state index in [-0.39, 0.29) is 22.0 Å². The summed E-state index contributed by atoms with van der Waals surface area (Å²) in [5, 5.41) is 0.219. The Morgan fingerprint density at radius 3 is 2.67 bits per heavy atom. The zero-order valence-corrected chi connectivity index (χ0v) is 13.0. The van der Waals surface area contributed by atoms with E-state index in [1.165, 1.54) is 10.4 Å². The number of nitrogens with two attached hydrogens (primary N) is 1. The molecule has 1 aromatic rings. The van der Waals surface area contributed by atoms with Crippen molar-refractivity contribution in [2.24, 2.45) is 5.73 Å². The first kappa shape index (κ1) is 14.3. The summed E-state index contributed by atoms with van der Waals surface area (Å²) in [7, 11) is -3.57. The van der Waals surface area contributed by atoms with Gasteiger partial charge in [-0.3, -0.25) is 0 Å². The molecule has 1 aromatic carbocycles. The second-order valence-electron chi connectivity index (χ2n) is 4.38. The van der Waals surface area contributed by atoms with Crippen molar-refractivity contribution >= 4 is 37.6 Å². The molecule has 0 radical (unpaired) electrons. The summed E-state index contributed by atoms with van der Waals surface area (Å²) >= 11 is 9.26. The number of rotatable bonds is 2. The number of halogens is 2. The minimum Gasteiger partial charge on any atom is -0.326 e. The maximum absolute atomic E-state index is 12.5. The van der Waals surface area contributed by atoms with E-state index in [1.54, 1.807) is 12.1 Å². The van der Waals surface area contributed by atoms with Gasteiger partial charge in [-0.2, -0.15) is 4.31 Å². The lowest BCUT2D eigenvalue weighted by atomic mass is 10.2. The van der Waals surface area contributed by atoms with Crippen LogP contribution in [-0.2, 0) is 10.0 Å². The van der Waals surface area contributed by atoms with E-state index in [2.05, 4.69) is 15.9 Å². The molecule has 2 N–H and O–H groups in total. The Labute approximate surface area is 120 Å². The topological polar surface area (TPSA) is 63.4 Å². The SMILES string of the molecule is CC1C(N)CCN1S(=O)(=O)c1ccc(Br)cc1Cl. The van der Waals surface area contributed by atoms with Crippen molar-refractivity contribution in [2.45, 2.75) is 30.3 Å². The van der Waals surface area contributed by atoms with E-state index in [0.717, 1.165) is 4.47 Å². The van der Waals surface area contributed by atoms with Crippen LogP contribution in [-0.4, -0.2) is 31.4 Å². The van der Waals surface area contributed by atoms with Gasteiger partial charge in [-0.15, -0.1) is 0 Å². The Morgan fingerprint density at radius 1 is 1.50 bits per heavy atom. The van der Waals surface area contributed by atoms with Gasteiger partial charge in [0.1, 0.15) is 4.90 Å². The Hall–Kier alpha value is -0.140. The molecular formula is C11H14BrClN2O2S. The molecule has 0 aliphatic carbocycles. The molecule has 0 amide bonds. The lowest BCUT2D eigenvalue weighted by Crippen LogP contribution is -2.40. The first-order valence-corrected chi connectivity index (χ1v) is 8.17. The normalized spacial score (nSPS) is 25.6. The Morgan fingerprint density at radius 2 is 2.17 bits per heavy atom. The van der Waals surface area contributed by atoms with Crippen LogP contribution in [0.5, 0.6) is 0 Å². The van der Waals surface area contributed by atoms with Gasteiger partial charge in [0.15, 0.2) is 0 Å². The molecule has 100 valence electrons. The highest BCUT2D eigenvalue weighted by molar-refractivity contribution is 9.10. The average molecular weight is 354 g/mol. The lowest BCUT2D eigenvalue weighted by Gasteiger charge is -2.23. The van der Waals surface area contributed by atoms with Gasteiger partial charge in [0.05, 0.1) is 5.02 Å². The van der Waals surface area contributed by atoms with Crippen molar-refractivity contribution in [3.8, 4) is 0 Å². The predicted molar refractivity (Wildman–Crippen MR) is 75.1 cm³/mol. The van der Waals surface area contributed by atoms with Crippen molar-refractivity contribution in [3.05, 3.63) is 27.7 Å². The summed E-state index contributed by atoms with van der Waals surface area (Å²) in [4.78, 5) is 0.133. The number of benzene rings is 1. The molecular weight excluding hydrogens is 340 g/mol. The predicted octanol–water partition coefficient (Wildman–Crippen LogP) is 2.21. The highest BCUT2D eigenvalue weighted by Crippen LogP contribution is 2.31. The van der Waals surface area contributed by atoms with Crippen LogP contribution in [0.4, 0.5) is 0 Å². The molecule has 4 nitrogen and oxygen atoms in total. The van der Waals surface area contributed by atoms with Crippen LogP contribution in [0.2, 0.25) is 5.02 Å². The van der Waals surface area contributed by atoms with Crippen molar-refractivity contribution in [2.75, 3.05) is 6.54 Å². The van der Waals surface area contributed by atoms with Crippen LogP contribution in [0, 0.1) is 0 Å². The van der Waals surface area contributed by atoms with Gasteiger partial charge < -0.3 is 5.73 Å². The molecule has 1 fully saturated rings. The van der Waals surface area contributed by atoms with E-state index in [4.69, 9.17) is 17.3 Å². The molecule has 0 aromatic heterocycles. The number of sulfonamides is 1. The van der Waals surface area contributed by atoms with E-state index in [1.807, 2.05) is 6.92 Å². The van der Waals surface area contributed by atoms with Gasteiger partial charge in [-0.05, 0) is 31.5 Å².